The van der Waals surface area contributed by atoms with Gasteiger partial charge in [0, 0.05) is 42.0 Å². The zero-order valence-electron chi connectivity index (χ0n) is 17.1. The number of Topliss-reactive ketones (excluding diaryl/α,β-unsaturated/α-hetero) is 1. The van der Waals surface area contributed by atoms with Crippen LogP contribution in [0.5, 0.6) is 0 Å². The lowest BCUT2D eigenvalue weighted by atomic mass is 9.88. The van der Waals surface area contributed by atoms with Gasteiger partial charge in [0.05, 0.1) is 24.9 Å². The summed E-state index contributed by atoms with van der Waals surface area (Å²) in [5.74, 6) is -0.187. The number of hydrogen-bond donors (Lipinski definition) is 2. The van der Waals surface area contributed by atoms with Crippen LogP contribution in [-0.2, 0) is 20.7 Å². The van der Waals surface area contributed by atoms with E-state index in [0.29, 0.717) is 13.0 Å². The number of nitrogens with zero attached hydrogens (tertiary/aromatic N) is 1. The summed E-state index contributed by atoms with van der Waals surface area (Å²) in [4.78, 5) is 28.9. The van der Waals surface area contributed by atoms with Crippen molar-refractivity contribution >= 4 is 39.5 Å². The minimum absolute atomic E-state index is 0.0983. The first-order chi connectivity index (χ1) is 15.1. The normalized spacial score (nSPS) is 15.3. The minimum Gasteiger partial charge on any atom is -0.469 e. The number of benzene rings is 2. The quantitative estimate of drug-likeness (QED) is 0.632. The fourth-order valence-electron chi connectivity index (χ4n) is 4.15. The van der Waals surface area contributed by atoms with Gasteiger partial charge in [-0.15, -0.1) is 0 Å². The molecule has 3 aromatic rings. The van der Waals surface area contributed by atoms with Gasteiger partial charge in [-0.1, -0.05) is 24.3 Å². The zero-order valence-corrected chi connectivity index (χ0v) is 17.1. The molecule has 2 aliphatic rings. The number of fused-ring (bicyclic) bond motifs is 2. The number of hydrogen-bond acceptors (Lipinski definition) is 6. The molecule has 0 atom stereocenters. The Morgan fingerprint density at radius 2 is 2.06 bits per heavy atom. The molecule has 2 aromatic carbocycles. The van der Waals surface area contributed by atoms with Crippen LogP contribution < -0.4 is 10.6 Å². The molecule has 0 fully saturated rings. The predicted octanol–water partition coefficient (Wildman–Crippen LogP) is 4.10. The first-order valence-corrected chi connectivity index (χ1v) is 10.1. The molecule has 2 N–H and O–H groups in total. The number of allylic oxidation sites excluding steroid dienone is 2. The molecule has 0 saturated heterocycles. The standard InChI is InChI=1S/C25H21N3O3/c1-31-25(30)10-15-5-6-21-23(9-15)27-14-20-22(28-21)11-17(12-24(20)29)18-4-2-3-16-13-26-8-7-19(16)18/h2-9,11,13,27-28H,10,12,14H2,1H3. The largest absolute Gasteiger partial charge is 0.469 e. The zero-order chi connectivity index (χ0) is 21.4. The first kappa shape index (κ1) is 19.1. The van der Waals surface area contributed by atoms with Crippen molar-refractivity contribution in [1.82, 2.24) is 4.98 Å². The van der Waals surface area contributed by atoms with Crippen molar-refractivity contribution in [3.05, 3.63) is 83.3 Å². The fourth-order valence-corrected chi connectivity index (χ4v) is 4.15. The summed E-state index contributed by atoms with van der Waals surface area (Å²) in [5, 5.41) is 8.90. The van der Waals surface area contributed by atoms with Crippen molar-refractivity contribution in [1.29, 1.82) is 0 Å². The summed E-state index contributed by atoms with van der Waals surface area (Å²) < 4.78 is 4.76. The molecule has 154 valence electrons. The Bertz CT molecular complexity index is 1280. The van der Waals surface area contributed by atoms with E-state index in [0.717, 1.165) is 50.1 Å². The van der Waals surface area contributed by atoms with Crippen LogP contribution in [0.1, 0.15) is 17.5 Å². The monoisotopic (exact) mass is 411 g/mol. The SMILES string of the molecule is COC(=O)Cc1ccc2c(c1)NCC1=C(C=C(c3cccc4cnccc34)CC1=O)N2. The summed E-state index contributed by atoms with van der Waals surface area (Å²) in [6.07, 6.45) is 6.25. The van der Waals surface area contributed by atoms with E-state index in [1.54, 1.807) is 6.20 Å². The molecular weight excluding hydrogens is 390 g/mol. The summed E-state index contributed by atoms with van der Waals surface area (Å²) >= 11 is 0. The summed E-state index contributed by atoms with van der Waals surface area (Å²) in [5.41, 5.74) is 6.15. The van der Waals surface area contributed by atoms with Crippen LogP contribution in [0.4, 0.5) is 11.4 Å². The predicted molar refractivity (Wildman–Crippen MR) is 121 cm³/mol. The third kappa shape index (κ3) is 3.57. The maximum atomic E-state index is 13.1. The highest BCUT2D eigenvalue weighted by atomic mass is 16.5. The van der Waals surface area contributed by atoms with Crippen LogP contribution in [0, 0.1) is 0 Å². The molecule has 6 nitrogen and oxygen atoms in total. The number of aromatic nitrogens is 1. The van der Waals surface area contributed by atoms with E-state index in [4.69, 9.17) is 4.74 Å². The number of anilines is 2. The Kier molecular flexibility index (Phi) is 4.75. The maximum Gasteiger partial charge on any atom is 0.309 e. The van der Waals surface area contributed by atoms with Crippen LogP contribution in [0.3, 0.4) is 0 Å². The van der Waals surface area contributed by atoms with Gasteiger partial charge < -0.3 is 15.4 Å². The van der Waals surface area contributed by atoms with Crippen molar-refractivity contribution in [2.24, 2.45) is 0 Å². The van der Waals surface area contributed by atoms with Gasteiger partial charge in [0.25, 0.3) is 0 Å². The van der Waals surface area contributed by atoms with E-state index in [-0.39, 0.29) is 18.2 Å². The van der Waals surface area contributed by atoms with Gasteiger partial charge in [0.2, 0.25) is 0 Å². The molecule has 1 aromatic heterocycles. The molecule has 0 unspecified atom stereocenters. The van der Waals surface area contributed by atoms with E-state index >= 15 is 0 Å². The number of carbonyl (C=O) groups excluding carboxylic acids is 2. The Morgan fingerprint density at radius 3 is 2.94 bits per heavy atom. The second-order valence-corrected chi connectivity index (χ2v) is 7.68. The average molecular weight is 411 g/mol. The summed E-state index contributed by atoms with van der Waals surface area (Å²) in [6.45, 7) is 0.430. The number of methoxy groups -OCH3 is 1. The molecule has 5 rings (SSSR count). The lowest BCUT2D eigenvalue weighted by molar-refractivity contribution is -0.139. The molecule has 1 aliphatic heterocycles. The van der Waals surface area contributed by atoms with Gasteiger partial charge in [-0.3, -0.25) is 14.6 Å². The Balaban J connectivity index is 1.51. The Labute approximate surface area is 179 Å². The van der Waals surface area contributed by atoms with Crippen molar-refractivity contribution in [2.75, 3.05) is 24.3 Å². The number of carbonyl (C=O) groups is 2. The Hall–Kier alpha value is -3.93. The summed E-state index contributed by atoms with van der Waals surface area (Å²) in [6, 6.07) is 13.8. The smallest absolute Gasteiger partial charge is 0.309 e. The number of nitrogens with one attached hydrogen (secondary N) is 2. The van der Waals surface area contributed by atoms with Crippen LogP contribution in [0.25, 0.3) is 16.3 Å². The molecule has 6 heteroatoms. The van der Waals surface area contributed by atoms with Gasteiger partial charge in [-0.05, 0) is 46.4 Å². The van der Waals surface area contributed by atoms with Gasteiger partial charge in [-0.2, -0.15) is 0 Å². The highest BCUT2D eigenvalue weighted by Gasteiger charge is 2.26. The first-order valence-electron chi connectivity index (χ1n) is 10.1. The average Bonchev–Trinajstić information content (AvgIpc) is 2.97. The second kappa shape index (κ2) is 7.72. The van der Waals surface area contributed by atoms with Gasteiger partial charge in [0.15, 0.2) is 5.78 Å². The molecule has 0 saturated carbocycles. The van der Waals surface area contributed by atoms with Crippen molar-refractivity contribution < 1.29 is 14.3 Å². The van der Waals surface area contributed by atoms with E-state index in [1.807, 2.05) is 42.6 Å². The van der Waals surface area contributed by atoms with Gasteiger partial charge >= 0.3 is 5.97 Å². The Morgan fingerprint density at radius 1 is 1.16 bits per heavy atom. The second-order valence-electron chi connectivity index (χ2n) is 7.68. The van der Waals surface area contributed by atoms with E-state index in [2.05, 4.69) is 27.8 Å². The molecule has 0 bridgehead atoms. The highest BCUT2D eigenvalue weighted by Crippen LogP contribution is 2.36. The number of ether oxygens (including phenoxy) is 1. The van der Waals surface area contributed by atoms with Gasteiger partial charge in [0.1, 0.15) is 0 Å². The van der Waals surface area contributed by atoms with Crippen molar-refractivity contribution in [3.8, 4) is 0 Å². The third-order valence-corrected chi connectivity index (χ3v) is 5.74. The van der Waals surface area contributed by atoms with Crippen LogP contribution in [-0.4, -0.2) is 30.4 Å². The molecule has 0 radical (unpaired) electrons. The fraction of sp³-hybridized carbons (Fsp3) is 0.160. The van der Waals surface area contributed by atoms with Crippen LogP contribution in [0.2, 0.25) is 0 Å². The third-order valence-electron chi connectivity index (χ3n) is 5.74. The van der Waals surface area contributed by atoms with Crippen molar-refractivity contribution in [3.63, 3.8) is 0 Å². The molecular formula is C25H21N3O3. The van der Waals surface area contributed by atoms with E-state index < -0.39 is 0 Å². The minimum atomic E-state index is -0.285. The molecule has 0 amide bonds. The highest BCUT2D eigenvalue weighted by molar-refractivity contribution is 6.09. The number of ketones is 1. The number of rotatable bonds is 3. The molecule has 31 heavy (non-hydrogen) atoms. The number of pyridine rings is 1. The van der Waals surface area contributed by atoms with Gasteiger partial charge in [-0.25, -0.2) is 0 Å². The topological polar surface area (TPSA) is 80.3 Å². The van der Waals surface area contributed by atoms with Crippen LogP contribution in [0.15, 0.2) is 72.2 Å². The number of esters is 1. The van der Waals surface area contributed by atoms with Crippen LogP contribution >= 0.6 is 0 Å². The molecule has 2 heterocycles. The van der Waals surface area contributed by atoms with E-state index in [9.17, 15) is 9.59 Å². The van der Waals surface area contributed by atoms with E-state index in [1.165, 1.54) is 7.11 Å². The molecule has 0 spiro atoms. The van der Waals surface area contributed by atoms with Crippen molar-refractivity contribution in [2.45, 2.75) is 12.8 Å². The molecule has 1 aliphatic carbocycles. The lowest BCUT2D eigenvalue weighted by Gasteiger charge is -2.19. The lowest BCUT2D eigenvalue weighted by Crippen LogP contribution is -2.18. The summed E-state index contributed by atoms with van der Waals surface area (Å²) in [7, 11) is 1.38. The maximum absolute atomic E-state index is 13.1.